The summed E-state index contributed by atoms with van der Waals surface area (Å²) in [6.45, 7) is 7.63. The summed E-state index contributed by atoms with van der Waals surface area (Å²) in [5.41, 5.74) is 8.36. The summed E-state index contributed by atoms with van der Waals surface area (Å²) in [5.74, 6) is -1.45. The molecule has 3 N–H and O–H groups in total. The molecule has 184 valence electrons. The van der Waals surface area contributed by atoms with E-state index >= 15 is 0 Å². The number of carbonyl (C=O) groups is 2. The number of nitrogens with zero attached hydrogens (tertiary/aromatic N) is 1. The first-order valence-corrected chi connectivity index (χ1v) is 11.4. The first-order valence-electron chi connectivity index (χ1n) is 11.4. The molecule has 0 spiro atoms. The van der Waals surface area contributed by atoms with Crippen molar-refractivity contribution < 1.29 is 19.4 Å². The Bertz CT molecular complexity index is 1060. The van der Waals surface area contributed by atoms with Crippen LogP contribution in [0, 0.1) is 0 Å². The molecule has 6 nitrogen and oxygen atoms in total. The van der Waals surface area contributed by atoms with Crippen molar-refractivity contribution in [3.05, 3.63) is 102 Å². The number of carbonyl (C=O) groups excluding carboxylic acids is 1. The Morgan fingerprint density at radius 1 is 0.943 bits per heavy atom. The Morgan fingerprint density at radius 3 is 1.94 bits per heavy atom. The SMILES string of the molecule is CC(C(=O)O)c1cccc(C=CCOC(=O)N(c2ccccc2)c2ccccc2)c1.CC(C)(C)N. The number of nitrogens with two attached hydrogens (primary N) is 1. The lowest BCUT2D eigenvalue weighted by Gasteiger charge is -2.22. The fourth-order valence-corrected chi connectivity index (χ4v) is 2.96. The van der Waals surface area contributed by atoms with Crippen molar-refractivity contribution in [3.63, 3.8) is 0 Å². The second-order valence-corrected chi connectivity index (χ2v) is 9.08. The van der Waals surface area contributed by atoms with E-state index in [1.165, 1.54) is 4.90 Å². The van der Waals surface area contributed by atoms with Crippen LogP contribution in [0.5, 0.6) is 0 Å². The molecule has 35 heavy (non-hydrogen) atoms. The highest BCUT2D eigenvalue weighted by atomic mass is 16.6. The summed E-state index contributed by atoms with van der Waals surface area (Å²) in [5, 5.41) is 9.16. The minimum absolute atomic E-state index is 0. The van der Waals surface area contributed by atoms with Crippen molar-refractivity contribution in [2.45, 2.75) is 39.2 Å². The van der Waals surface area contributed by atoms with Crippen LogP contribution in [0.1, 0.15) is 44.7 Å². The van der Waals surface area contributed by atoms with Gasteiger partial charge in [-0.2, -0.15) is 0 Å². The molecular formula is C29H34N2O4. The summed E-state index contributed by atoms with van der Waals surface area (Å²) in [4.78, 5) is 25.5. The van der Waals surface area contributed by atoms with E-state index in [2.05, 4.69) is 0 Å². The van der Waals surface area contributed by atoms with Crippen LogP contribution in [-0.2, 0) is 9.53 Å². The van der Waals surface area contributed by atoms with Gasteiger partial charge in [0.1, 0.15) is 6.61 Å². The van der Waals surface area contributed by atoms with E-state index in [0.29, 0.717) is 11.4 Å². The molecule has 0 aromatic heterocycles. The fraction of sp³-hybridized carbons (Fsp3) is 0.241. The van der Waals surface area contributed by atoms with Gasteiger partial charge in [0.05, 0.1) is 17.3 Å². The molecule has 0 aliphatic heterocycles. The zero-order valence-corrected chi connectivity index (χ0v) is 20.7. The maximum Gasteiger partial charge on any atom is 0.419 e. The van der Waals surface area contributed by atoms with Gasteiger partial charge in [0.2, 0.25) is 0 Å². The number of ether oxygens (including phenoxy) is 1. The number of carboxylic acid groups (broad SMARTS) is 1. The average Bonchev–Trinajstić information content (AvgIpc) is 2.82. The summed E-state index contributed by atoms with van der Waals surface area (Å²) in [7, 11) is 0. The number of benzene rings is 3. The van der Waals surface area contributed by atoms with Gasteiger partial charge in [0, 0.05) is 5.54 Å². The van der Waals surface area contributed by atoms with E-state index in [0.717, 1.165) is 11.1 Å². The van der Waals surface area contributed by atoms with Gasteiger partial charge < -0.3 is 15.6 Å². The molecule has 0 saturated carbocycles. The van der Waals surface area contributed by atoms with E-state index in [9.17, 15) is 9.59 Å². The quantitative estimate of drug-likeness (QED) is 0.402. The molecule has 6 heteroatoms. The number of para-hydroxylation sites is 2. The second-order valence-electron chi connectivity index (χ2n) is 9.08. The number of hydrogen-bond acceptors (Lipinski definition) is 4. The van der Waals surface area contributed by atoms with Gasteiger partial charge >= 0.3 is 12.1 Å². The minimum atomic E-state index is -0.869. The summed E-state index contributed by atoms with van der Waals surface area (Å²) in [6, 6.07) is 25.9. The third kappa shape index (κ3) is 9.86. The smallest absolute Gasteiger partial charge is 0.419 e. The predicted molar refractivity (Wildman–Crippen MR) is 142 cm³/mol. The molecule has 0 heterocycles. The van der Waals surface area contributed by atoms with Crippen LogP contribution >= 0.6 is 0 Å². The highest BCUT2D eigenvalue weighted by Gasteiger charge is 2.18. The normalized spacial score (nSPS) is 11.8. The van der Waals surface area contributed by atoms with Gasteiger partial charge in [-0.3, -0.25) is 4.79 Å². The van der Waals surface area contributed by atoms with Crippen LogP contribution in [0.25, 0.3) is 6.08 Å². The molecule has 0 aliphatic carbocycles. The standard InChI is InChI=1S/C25H23NO4.C4H11N/c1-19(24(27)28)21-12-8-10-20(18-21)11-9-17-30-25(29)26(22-13-4-2-5-14-22)23-15-6-3-7-16-23;1-4(2,3)5/h2-16,18-19H,17H2,1H3,(H,27,28);5H2,1-3H3. The Balaban J connectivity index is 0.000000784. The summed E-state index contributed by atoms with van der Waals surface area (Å²) < 4.78 is 5.46. The highest BCUT2D eigenvalue weighted by molar-refractivity contribution is 5.96. The lowest BCUT2D eigenvalue weighted by molar-refractivity contribution is -0.138. The average molecular weight is 475 g/mol. The van der Waals surface area contributed by atoms with Crippen molar-refractivity contribution in [2.75, 3.05) is 11.5 Å². The van der Waals surface area contributed by atoms with Gasteiger partial charge in [0.25, 0.3) is 0 Å². The molecule has 3 aromatic rings. The zero-order valence-electron chi connectivity index (χ0n) is 20.7. The van der Waals surface area contributed by atoms with Gasteiger partial charge in [-0.15, -0.1) is 0 Å². The third-order valence-corrected chi connectivity index (χ3v) is 4.61. The third-order valence-electron chi connectivity index (χ3n) is 4.61. The second kappa shape index (κ2) is 13.1. The number of aliphatic carboxylic acids is 1. The van der Waals surface area contributed by atoms with Gasteiger partial charge in [-0.25, -0.2) is 9.69 Å². The van der Waals surface area contributed by atoms with Crippen molar-refractivity contribution in [3.8, 4) is 0 Å². The van der Waals surface area contributed by atoms with Gasteiger partial charge in [-0.1, -0.05) is 66.7 Å². The van der Waals surface area contributed by atoms with E-state index in [1.807, 2.05) is 99.6 Å². The number of amides is 1. The highest BCUT2D eigenvalue weighted by Crippen LogP contribution is 2.25. The summed E-state index contributed by atoms with van der Waals surface area (Å²) in [6.07, 6.45) is 3.06. The molecule has 3 aromatic carbocycles. The largest absolute Gasteiger partial charge is 0.481 e. The molecule has 1 amide bonds. The van der Waals surface area contributed by atoms with E-state index < -0.39 is 18.0 Å². The van der Waals surface area contributed by atoms with Crippen LogP contribution in [0.15, 0.2) is 91.0 Å². The molecule has 0 fully saturated rings. The Hall–Kier alpha value is -3.90. The first kappa shape index (κ1) is 27.3. The van der Waals surface area contributed by atoms with Crippen LogP contribution in [0.3, 0.4) is 0 Å². The Morgan fingerprint density at radius 2 is 1.46 bits per heavy atom. The maximum atomic E-state index is 12.8. The van der Waals surface area contributed by atoms with Crippen LogP contribution < -0.4 is 10.6 Å². The fourth-order valence-electron chi connectivity index (χ4n) is 2.96. The molecule has 1 unspecified atom stereocenters. The number of rotatable bonds is 7. The van der Waals surface area contributed by atoms with Crippen molar-refractivity contribution >= 4 is 29.5 Å². The van der Waals surface area contributed by atoms with Crippen molar-refractivity contribution in [1.82, 2.24) is 0 Å². The lowest BCUT2D eigenvalue weighted by Crippen LogP contribution is -2.26. The van der Waals surface area contributed by atoms with Gasteiger partial charge in [0.15, 0.2) is 0 Å². The van der Waals surface area contributed by atoms with Gasteiger partial charge in [-0.05, 0) is 69.2 Å². The lowest BCUT2D eigenvalue weighted by atomic mass is 9.99. The zero-order chi connectivity index (χ0) is 25.8. The summed E-state index contributed by atoms with van der Waals surface area (Å²) >= 11 is 0. The van der Waals surface area contributed by atoms with E-state index in [4.69, 9.17) is 15.6 Å². The van der Waals surface area contributed by atoms with Crippen LogP contribution in [-0.4, -0.2) is 29.3 Å². The number of anilines is 2. The Kier molecular flexibility index (Phi) is 10.2. The predicted octanol–water partition coefficient (Wildman–Crippen LogP) is 6.61. The molecule has 3 rings (SSSR count). The molecule has 1 atom stereocenters. The molecule has 0 radical (unpaired) electrons. The Labute approximate surface area is 207 Å². The number of carboxylic acids is 1. The van der Waals surface area contributed by atoms with E-state index in [1.54, 1.807) is 25.1 Å². The molecule has 0 aliphatic rings. The van der Waals surface area contributed by atoms with E-state index in [-0.39, 0.29) is 12.1 Å². The first-order chi connectivity index (χ1) is 16.6. The monoisotopic (exact) mass is 474 g/mol. The number of hydrogen-bond donors (Lipinski definition) is 2. The van der Waals surface area contributed by atoms with Crippen LogP contribution in [0.2, 0.25) is 0 Å². The van der Waals surface area contributed by atoms with Crippen LogP contribution in [0.4, 0.5) is 16.2 Å². The maximum absolute atomic E-state index is 12.8. The molecular weight excluding hydrogens is 440 g/mol. The van der Waals surface area contributed by atoms with Crippen molar-refractivity contribution in [1.29, 1.82) is 0 Å². The topological polar surface area (TPSA) is 92.9 Å². The van der Waals surface area contributed by atoms with Crippen molar-refractivity contribution in [2.24, 2.45) is 5.73 Å². The minimum Gasteiger partial charge on any atom is -0.481 e. The molecule has 0 saturated heterocycles. The molecule has 0 bridgehead atoms.